The largest absolute Gasteiger partial charge is 0.418 e. The molecule has 4 rings (SSSR count). The maximum Gasteiger partial charge on any atom is 0.418 e. The minimum absolute atomic E-state index is 0.0132. The van der Waals surface area contributed by atoms with Crippen LogP contribution in [0.4, 0.5) is 17.6 Å². The molecule has 1 aliphatic rings. The number of amides is 1. The second-order valence-electron chi connectivity index (χ2n) is 13.4. The van der Waals surface area contributed by atoms with Crippen LogP contribution in [0.1, 0.15) is 88.6 Å². The maximum absolute atomic E-state index is 14.4. The van der Waals surface area contributed by atoms with E-state index in [9.17, 15) is 31.9 Å². The van der Waals surface area contributed by atoms with Crippen LogP contribution in [0.25, 0.3) is 10.9 Å². The van der Waals surface area contributed by atoms with E-state index in [4.69, 9.17) is 18.0 Å². The molecule has 0 spiro atoms. The summed E-state index contributed by atoms with van der Waals surface area (Å²) in [5, 5.41) is 3.40. The van der Waals surface area contributed by atoms with Crippen molar-refractivity contribution < 1.29 is 31.9 Å². The number of para-hydroxylation sites is 1. The number of carbonyl (C=O) groups is 3. The molecule has 2 aromatic carbocycles. The van der Waals surface area contributed by atoms with E-state index in [0.29, 0.717) is 35.0 Å². The van der Waals surface area contributed by atoms with Crippen LogP contribution in [0.3, 0.4) is 0 Å². The van der Waals surface area contributed by atoms with Gasteiger partial charge in [0.1, 0.15) is 17.1 Å². The number of ketones is 2. The Labute approximate surface area is 284 Å². The first kappa shape index (κ1) is 37.2. The molecule has 48 heavy (non-hydrogen) atoms. The number of Topliss-reactive ketones (excluding diaryl/α,β-unsaturated/α-hetero) is 2. The third-order valence-corrected chi connectivity index (χ3v) is 10.7. The van der Waals surface area contributed by atoms with Crippen molar-refractivity contribution in [2.45, 2.75) is 97.2 Å². The van der Waals surface area contributed by atoms with Crippen LogP contribution in [0.2, 0.25) is 0 Å². The predicted octanol–water partition coefficient (Wildman–Crippen LogP) is 7.83. The SMILES string of the molecule is CCC(C)[C@H](CC(=O)CCc1ccccc1F)C(=O)N[C@]1(C(=O)C[C@H](C(N)=S)C(C)CC)CCc2[nH]c3c(C(F)(F)F)cccc3c2C1. The van der Waals surface area contributed by atoms with Gasteiger partial charge in [-0.3, -0.25) is 14.4 Å². The molecule has 0 aliphatic heterocycles. The summed E-state index contributed by atoms with van der Waals surface area (Å²) in [4.78, 5) is 45.0. The molecule has 5 atom stereocenters. The van der Waals surface area contributed by atoms with Gasteiger partial charge in [0.05, 0.1) is 16.1 Å². The van der Waals surface area contributed by atoms with Crippen LogP contribution >= 0.6 is 12.2 Å². The number of thiocarbonyl (C=S) groups is 1. The zero-order valence-electron chi connectivity index (χ0n) is 27.9. The van der Waals surface area contributed by atoms with E-state index in [2.05, 4.69) is 10.3 Å². The van der Waals surface area contributed by atoms with Gasteiger partial charge in [0.25, 0.3) is 0 Å². The first-order valence-corrected chi connectivity index (χ1v) is 17.1. The van der Waals surface area contributed by atoms with Gasteiger partial charge in [-0.1, -0.05) is 83.1 Å². The maximum atomic E-state index is 14.4. The van der Waals surface area contributed by atoms with Gasteiger partial charge in [-0.15, -0.1) is 0 Å². The molecule has 0 radical (unpaired) electrons. The van der Waals surface area contributed by atoms with Gasteiger partial charge >= 0.3 is 6.18 Å². The molecule has 2 unspecified atom stereocenters. The molecule has 1 aliphatic carbocycles. The zero-order valence-corrected chi connectivity index (χ0v) is 28.8. The van der Waals surface area contributed by atoms with Gasteiger partial charge in [0, 0.05) is 48.6 Å². The summed E-state index contributed by atoms with van der Waals surface area (Å²) in [6, 6.07) is 10.2. The molecule has 0 fully saturated rings. The number of halogens is 4. The average Bonchev–Trinajstić information content (AvgIpc) is 3.41. The lowest BCUT2D eigenvalue weighted by Gasteiger charge is -2.39. The topological polar surface area (TPSA) is 105 Å². The fourth-order valence-electron chi connectivity index (χ4n) is 6.87. The van der Waals surface area contributed by atoms with Crippen molar-refractivity contribution in [1.82, 2.24) is 10.3 Å². The Morgan fingerprint density at radius 3 is 2.29 bits per heavy atom. The predicted molar refractivity (Wildman–Crippen MR) is 183 cm³/mol. The average molecular weight is 688 g/mol. The Hall–Kier alpha value is -3.60. The number of nitrogens with one attached hydrogen (secondary N) is 2. The van der Waals surface area contributed by atoms with E-state index < -0.39 is 40.8 Å². The van der Waals surface area contributed by atoms with Crippen LogP contribution in [0.5, 0.6) is 0 Å². The van der Waals surface area contributed by atoms with Crippen molar-refractivity contribution in [1.29, 1.82) is 0 Å². The normalized spacial score (nSPS) is 18.8. The lowest BCUT2D eigenvalue weighted by molar-refractivity contribution is -0.137. The van der Waals surface area contributed by atoms with Gasteiger partial charge < -0.3 is 16.0 Å². The number of hydrogen-bond donors (Lipinski definition) is 3. The lowest BCUT2D eigenvalue weighted by Crippen LogP contribution is -2.60. The summed E-state index contributed by atoms with van der Waals surface area (Å²) in [7, 11) is 0. The fourth-order valence-corrected chi connectivity index (χ4v) is 7.19. The third-order valence-electron chi connectivity index (χ3n) is 10.4. The lowest BCUT2D eigenvalue weighted by atomic mass is 9.72. The number of aryl methyl sites for hydroxylation is 2. The van der Waals surface area contributed by atoms with Gasteiger partial charge in [0.15, 0.2) is 5.78 Å². The number of hydrogen-bond acceptors (Lipinski definition) is 4. The van der Waals surface area contributed by atoms with E-state index in [-0.39, 0.29) is 78.9 Å². The van der Waals surface area contributed by atoms with Crippen LogP contribution < -0.4 is 11.1 Å². The number of H-pyrrole nitrogens is 1. The molecule has 0 saturated heterocycles. The number of aromatic nitrogens is 1. The summed E-state index contributed by atoms with van der Waals surface area (Å²) in [6.45, 7) is 7.69. The monoisotopic (exact) mass is 687 g/mol. The van der Waals surface area contributed by atoms with Gasteiger partial charge in [-0.25, -0.2) is 4.39 Å². The van der Waals surface area contributed by atoms with Crippen LogP contribution in [0, 0.1) is 29.5 Å². The van der Waals surface area contributed by atoms with E-state index in [1.54, 1.807) is 24.3 Å². The number of nitrogens with two attached hydrogens (primary N) is 1. The molecule has 1 aromatic heterocycles. The fraction of sp³-hybridized carbons (Fsp3) is 0.514. The van der Waals surface area contributed by atoms with Crippen molar-refractivity contribution in [2.75, 3.05) is 0 Å². The molecule has 6 nitrogen and oxygen atoms in total. The van der Waals surface area contributed by atoms with Crippen LogP contribution in [0.15, 0.2) is 42.5 Å². The van der Waals surface area contributed by atoms with Gasteiger partial charge in [0.2, 0.25) is 5.91 Å². The van der Waals surface area contributed by atoms with Crippen LogP contribution in [-0.2, 0) is 39.8 Å². The first-order chi connectivity index (χ1) is 22.6. The van der Waals surface area contributed by atoms with E-state index >= 15 is 0 Å². The van der Waals surface area contributed by atoms with E-state index in [1.165, 1.54) is 12.1 Å². The first-order valence-electron chi connectivity index (χ1n) is 16.7. The minimum Gasteiger partial charge on any atom is -0.393 e. The number of fused-ring (bicyclic) bond motifs is 3. The van der Waals surface area contributed by atoms with Gasteiger partial charge in [-0.2, -0.15) is 13.2 Å². The van der Waals surface area contributed by atoms with Crippen molar-refractivity contribution in [3.63, 3.8) is 0 Å². The second-order valence-corrected chi connectivity index (χ2v) is 13.9. The molecule has 1 amide bonds. The highest BCUT2D eigenvalue weighted by Crippen LogP contribution is 2.41. The summed E-state index contributed by atoms with van der Waals surface area (Å²) >= 11 is 5.34. The molecular formula is C37H45F4N3O3S. The number of benzene rings is 2. The summed E-state index contributed by atoms with van der Waals surface area (Å²) in [6.07, 6.45) is -2.80. The number of alkyl halides is 3. The van der Waals surface area contributed by atoms with E-state index in [0.717, 1.165) is 6.07 Å². The highest BCUT2D eigenvalue weighted by Gasteiger charge is 2.46. The summed E-state index contributed by atoms with van der Waals surface area (Å²) in [5.74, 6) is -2.80. The number of rotatable bonds is 15. The minimum atomic E-state index is -4.59. The van der Waals surface area contributed by atoms with Crippen molar-refractivity contribution in [2.24, 2.45) is 29.4 Å². The zero-order chi connectivity index (χ0) is 35.4. The molecule has 1 heterocycles. The second kappa shape index (κ2) is 15.3. The Morgan fingerprint density at radius 2 is 1.67 bits per heavy atom. The molecule has 0 saturated carbocycles. The Balaban J connectivity index is 1.69. The standard InChI is InChI=1S/C37H45F4N3O3S/c1-5-21(3)26(34(42)48)19-32(46)36(17-16-31-28(20-36)25-11-9-12-29(33(25)43-31)37(39,40)41)44-35(47)27(22(4)6-2)18-24(45)15-14-23-10-7-8-13-30(23)38/h7-13,21-22,26-27,43H,5-6,14-20H2,1-4H3,(H2,42,48)(H,44,47)/t21?,22?,26-,27-,36+/m0/s1. The summed E-state index contributed by atoms with van der Waals surface area (Å²) in [5.41, 5.74) is 5.34. The highest BCUT2D eigenvalue weighted by molar-refractivity contribution is 7.80. The molecular weight excluding hydrogens is 642 g/mol. The smallest absolute Gasteiger partial charge is 0.393 e. The number of carbonyl (C=O) groups excluding carboxylic acids is 3. The Morgan fingerprint density at radius 1 is 1.00 bits per heavy atom. The van der Waals surface area contributed by atoms with E-state index in [1.807, 2.05) is 27.7 Å². The molecule has 260 valence electrons. The Kier molecular flexibility index (Phi) is 11.9. The summed E-state index contributed by atoms with van der Waals surface area (Å²) < 4.78 is 56.0. The molecule has 0 bridgehead atoms. The third kappa shape index (κ3) is 8.15. The molecule has 11 heteroatoms. The highest BCUT2D eigenvalue weighted by atomic mass is 32.1. The van der Waals surface area contributed by atoms with Crippen molar-refractivity contribution in [3.05, 3.63) is 70.7 Å². The Bertz CT molecular complexity index is 1670. The van der Waals surface area contributed by atoms with Crippen molar-refractivity contribution in [3.8, 4) is 0 Å². The quantitative estimate of drug-likeness (QED) is 0.112. The molecule has 3 aromatic rings. The van der Waals surface area contributed by atoms with Crippen molar-refractivity contribution >= 4 is 45.6 Å². The number of aromatic amines is 1. The van der Waals surface area contributed by atoms with Gasteiger partial charge in [-0.05, 0) is 54.4 Å². The van der Waals surface area contributed by atoms with Crippen LogP contribution in [-0.4, -0.2) is 33.0 Å². The molecule has 4 N–H and O–H groups in total.